The van der Waals surface area contributed by atoms with Gasteiger partial charge in [-0.3, -0.25) is 14.2 Å². The van der Waals surface area contributed by atoms with Gasteiger partial charge in [0, 0.05) is 12.3 Å². The van der Waals surface area contributed by atoms with Gasteiger partial charge in [-0.05, 0) is 48.8 Å². The first-order valence-electron chi connectivity index (χ1n) is 11.1. The number of carbonyl (C=O) groups excluding carboxylic acids is 1. The van der Waals surface area contributed by atoms with Crippen LogP contribution < -0.4 is 16.6 Å². The Kier molecular flexibility index (Phi) is 5.63. The minimum atomic E-state index is -0.454. The monoisotopic (exact) mass is 467 g/mol. The zero-order valence-electron chi connectivity index (χ0n) is 18.5. The fourth-order valence-corrected chi connectivity index (χ4v) is 5.23. The van der Waals surface area contributed by atoms with E-state index < -0.39 is 5.69 Å². The number of ether oxygens (including phenoxy) is 1. The molecule has 172 valence electrons. The summed E-state index contributed by atoms with van der Waals surface area (Å²) < 4.78 is 10.2. The number of hydrogen-bond donors (Lipinski definition) is 1. The molecule has 0 bridgehead atoms. The van der Waals surface area contributed by atoms with Crippen LogP contribution in [0.15, 0.2) is 39.2 Å². The Morgan fingerprint density at radius 2 is 2.15 bits per heavy atom. The third-order valence-corrected chi connectivity index (χ3v) is 6.99. The second-order valence-electron chi connectivity index (χ2n) is 8.27. The van der Waals surface area contributed by atoms with E-state index in [0.29, 0.717) is 23.4 Å². The van der Waals surface area contributed by atoms with Gasteiger partial charge in [-0.1, -0.05) is 25.1 Å². The molecule has 3 aromatic heterocycles. The molecule has 1 aromatic carbocycles. The summed E-state index contributed by atoms with van der Waals surface area (Å²) >= 11 is 1.29. The van der Waals surface area contributed by atoms with Gasteiger partial charge in [-0.25, -0.2) is 13.9 Å². The number of anilines is 1. The first-order chi connectivity index (χ1) is 16.0. The zero-order valence-corrected chi connectivity index (χ0v) is 19.4. The lowest BCUT2D eigenvalue weighted by Crippen LogP contribution is -2.30. The quantitative estimate of drug-likeness (QED) is 0.470. The van der Waals surface area contributed by atoms with E-state index in [9.17, 15) is 14.4 Å². The van der Waals surface area contributed by atoms with E-state index in [1.807, 2.05) is 32.0 Å². The van der Waals surface area contributed by atoms with Crippen LogP contribution in [-0.2, 0) is 29.0 Å². The van der Waals surface area contributed by atoms with E-state index >= 15 is 0 Å². The van der Waals surface area contributed by atoms with E-state index in [1.54, 1.807) is 11.4 Å². The maximum Gasteiger partial charge on any atom is 0.352 e. The Morgan fingerprint density at radius 3 is 2.91 bits per heavy atom. The number of hydrogen-bond acceptors (Lipinski definition) is 6. The largest absolute Gasteiger partial charge is 0.376 e. The van der Waals surface area contributed by atoms with Crippen molar-refractivity contribution in [3.8, 4) is 0 Å². The number of amides is 1. The molecule has 1 aliphatic heterocycles. The van der Waals surface area contributed by atoms with Crippen molar-refractivity contribution < 1.29 is 9.53 Å². The minimum absolute atomic E-state index is 0.0963. The van der Waals surface area contributed by atoms with E-state index in [1.165, 1.54) is 20.3 Å². The van der Waals surface area contributed by atoms with Crippen molar-refractivity contribution in [2.24, 2.45) is 0 Å². The molecule has 1 fully saturated rings. The highest BCUT2D eigenvalue weighted by Gasteiger charge is 2.23. The summed E-state index contributed by atoms with van der Waals surface area (Å²) in [5, 5.41) is 9.12. The van der Waals surface area contributed by atoms with Crippen molar-refractivity contribution in [2.75, 3.05) is 11.9 Å². The number of fused-ring (bicyclic) bond motifs is 3. The van der Waals surface area contributed by atoms with Crippen molar-refractivity contribution >= 4 is 38.9 Å². The topological polar surface area (TPSA) is 99.6 Å². The van der Waals surface area contributed by atoms with E-state index in [0.717, 1.165) is 40.8 Å². The molecule has 9 nitrogen and oxygen atoms in total. The molecular formula is C23H25N5O4S. The molecule has 5 rings (SSSR count). The van der Waals surface area contributed by atoms with Crippen molar-refractivity contribution in [3.05, 3.63) is 61.6 Å². The Hall–Kier alpha value is -3.24. The number of thiophene rings is 1. The molecule has 4 aromatic rings. The number of aryl methyl sites for hydroxylation is 2. The van der Waals surface area contributed by atoms with Crippen LogP contribution in [0.5, 0.6) is 0 Å². The summed E-state index contributed by atoms with van der Waals surface area (Å²) in [6.07, 6.45) is 2.47. The molecule has 1 N–H and O–H groups in total. The summed E-state index contributed by atoms with van der Waals surface area (Å²) in [6, 6.07) is 7.59. The smallest absolute Gasteiger partial charge is 0.352 e. The zero-order chi connectivity index (χ0) is 23.1. The van der Waals surface area contributed by atoms with Crippen LogP contribution in [0.3, 0.4) is 0 Å². The predicted octanol–water partition coefficient (Wildman–Crippen LogP) is 2.56. The minimum Gasteiger partial charge on any atom is -0.376 e. The van der Waals surface area contributed by atoms with Gasteiger partial charge < -0.3 is 10.1 Å². The molecule has 0 spiro atoms. The Bertz CT molecular complexity index is 1470. The summed E-state index contributed by atoms with van der Waals surface area (Å²) in [5.74, 6) is -0.122. The van der Waals surface area contributed by atoms with Crippen molar-refractivity contribution in [3.63, 3.8) is 0 Å². The first-order valence-corrected chi connectivity index (χ1v) is 12.0. The molecule has 1 unspecified atom stereocenters. The van der Waals surface area contributed by atoms with Gasteiger partial charge in [0.2, 0.25) is 11.7 Å². The van der Waals surface area contributed by atoms with Crippen molar-refractivity contribution in [1.29, 1.82) is 0 Å². The molecule has 1 aliphatic rings. The fraction of sp³-hybridized carbons (Fsp3) is 0.391. The van der Waals surface area contributed by atoms with Crippen LogP contribution in [0.2, 0.25) is 0 Å². The van der Waals surface area contributed by atoms with Gasteiger partial charge in [0.15, 0.2) is 0 Å². The third kappa shape index (κ3) is 3.79. The van der Waals surface area contributed by atoms with Crippen LogP contribution in [0.1, 0.15) is 30.9 Å². The van der Waals surface area contributed by atoms with Crippen molar-refractivity contribution in [1.82, 2.24) is 18.7 Å². The van der Waals surface area contributed by atoms with Crippen LogP contribution in [-0.4, -0.2) is 37.4 Å². The van der Waals surface area contributed by atoms with Gasteiger partial charge in [-0.2, -0.15) is 0 Å². The Morgan fingerprint density at radius 1 is 1.30 bits per heavy atom. The molecule has 0 aliphatic carbocycles. The maximum absolute atomic E-state index is 13.3. The van der Waals surface area contributed by atoms with Gasteiger partial charge in [0.1, 0.15) is 11.2 Å². The lowest BCUT2D eigenvalue weighted by Gasteiger charge is -2.13. The number of nitrogens with zero attached hydrogens (tertiary/aromatic N) is 4. The van der Waals surface area contributed by atoms with E-state index in [-0.39, 0.29) is 29.9 Å². The number of aromatic nitrogens is 4. The van der Waals surface area contributed by atoms with Crippen LogP contribution >= 0.6 is 11.3 Å². The standard InChI is InChI=1S/C23H25N5O4S/c1-3-15-7-4-6-14(2)19(15)24-18(29)13-27-23(31)28-17-9-11-33-20(17)21(30)26(22(28)25-27)12-16-8-5-10-32-16/h4,6-7,9,11,16H,3,5,8,10,12-13H2,1-2H3,(H,24,29). The Labute approximate surface area is 193 Å². The van der Waals surface area contributed by atoms with Crippen LogP contribution in [0.25, 0.3) is 16.0 Å². The lowest BCUT2D eigenvalue weighted by atomic mass is 10.1. The Balaban J connectivity index is 1.55. The number of carbonyl (C=O) groups is 1. The highest BCUT2D eigenvalue weighted by Crippen LogP contribution is 2.22. The fourth-order valence-electron chi connectivity index (χ4n) is 4.41. The maximum atomic E-state index is 13.3. The molecule has 4 heterocycles. The first kappa shape index (κ1) is 21.6. The number of para-hydroxylation sites is 1. The van der Waals surface area contributed by atoms with Gasteiger partial charge in [0.05, 0.1) is 18.2 Å². The SMILES string of the molecule is CCc1cccc(C)c1NC(=O)Cn1nc2n(CC3CCCO3)c(=O)c3sccc3n2c1=O. The van der Waals surface area contributed by atoms with Gasteiger partial charge in [-0.15, -0.1) is 16.4 Å². The van der Waals surface area contributed by atoms with Crippen LogP contribution in [0.4, 0.5) is 5.69 Å². The number of nitrogens with one attached hydrogen (secondary N) is 1. The summed E-state index contributed by atoms with van der Waals surface area (Å²) in [5.41, 5.74) is 2.60. The highest BCUT2D eigenvalue weighted by atomic mass is 32.1. The molecule has 1 atom stereocenters. The molecule has 10 heteroatoms. The molecule has 33 heavy (non-hydrogen) atoms. The van der Waals surface area contributed by atoms with Gasteiger partial charge >= 0.3 is 5.69 Å². The van der Waals surface area contributed by atoms with Gasteiger partial charge in [0.25, 0.3) is 5.56 Å². The predicted molar refractivity (Wildman–Crippen MR) is 127 cm³/mol. The summed E-state index contributed by atoms with van der Waals surface area (Å²) in [4.78, 5) is 39.3. The average molecular weight is 468 g/mol. The van der Waals surface area contributed by atoms with E-state index in [2.05, 4.69) is 10.4 Å². The molecule has 1 saturated heterocycles. The summed E-state index contributed by atoms with van der Waals surface area (Å²) in [6.45, 7) is 4.69. The molecule has 1 amide bonds. The second-order valence-corrected chi connectivity index (χ2v) is 9.19. The summed E-state index contributed by atoms with van der Waals surface area (Å²) in [7, 11) is 0. The molecular weight excluding hydrogens is 442 g/mol. The third-order valence-electron chi connectivity index (χ3n) is 6.10. The number of rotatable bonds is 6. The lowest BCUT2D eigenvalue weighted by molar-refractivity contribution is -0.117. The second kappa shape index (κ2) is 8.60. The highest BCUT2D eigenvalue weighted by molar-refractivity contribution is 7.17. The van der Waals surface area contributed by atoms with Crippen LogP contribution in [0, 0.1) is 6.92 Å². The van der Waals surface area contributed by atoms with E-state index in [4.69, 9.17) is 4.74 Å². The average Bonchev–Trinajstić information content (AvgIpc) is 3.54. The van der Waals surface area contributed by atoms with Crippen molar-refractivity contribution in [2.45, 2.75) is 52.3 Å². The molecule has 0 saturated carbocycles. The normalized spacial score (nSPS) is 16.1. The number of benzene rings is 1. The molecule has 0 radical (unpaired) electrons.